The van der Waals surface area contributed by atoms with Crippen LogP contribution >= 0.6 is 11.3 Å². The van der Waals surface area contributed by atoms with Gasteiger partial charge < -0.3 is 0 Å². The van der Waals surface area contributed by atoms with Gasteiger partial charge in [0.25, 0.3) is 0 Å². The summed E-state index contributed by atoms with van der Waals surface area (Å²) in [6.07, 6.45) is 4.65. The van der Waals surface area contributed by atoms with E-state index in [1.54, 1.807) is 5.19 Å². The molecule has 2 heterocycles. The number of pyridine rings is 1. The number of thiophene rings is 1. The molecular weight excluding hydrogens is 350 g/mol. The molecule has 4 aromatic rings. The van der Waals surface area contributed by atoms with E-state index in [1.807, 2.05) is 17.5 Å². The van der Waals surface area contributed by atoms with E-state index < -0.39 is 8.07 Å². The summed E-state index contributed by atoms with van der Waals surface area (Å²) in [5.74, 6) is 0.760. The molecule has 1 aliphatic carbocycles. The molecule has 0 unspecified atom stereocenters. The Labute approximate surface area is 159 Å². The van der Waals surface area contributed by atoms with Crippen molar-refractivity contribution >= 4 is 44.8 Å². The van der Waals surface area contributed by atoms with Gasteiger partial charge in [0.15, 0.2) is 0 Å². The van der Waals surface area contributed by atoms with Crippen molar-refractivity contribution in [1.29, 1.82) is 0 Å². The summed E-state index contributed by atoms with van der Waals surface area (Å²) in [5.41, 5.74) is 3.89. The zero-order valence-electron chi connectivity index (χ0n) is 15.5. The summed E-state index contributed by atoms with van der Waals surface area (Å²) in [6, 6.07) is 18.1. The van der Waals surface area contributed by atoms with Gasteiger partial charge in [-0.05, 0) is 42.5 Å². The summed E-state index contributed by atoms with van der Waals surface area (Å²) in [5, 5.41) is 4.44. The third-order valence-corrected chi connectivity index (χ3v) is 8.68. The average Bonchev–Trinajstić information content (AvgIpc) is 3.41. The molecule has 0 amide bonds. The third-order valence-electron chi connectivity index (χ3n) is 5.44. The summed E-state index contributed by atoms with van der Waals surface area (Å²) in [4.78, 5) is 4.75. The van der Waals surface area contributed by atoms with Crippen LogP contribution in [-0.2, 0) is 0 Å². The molecule has 2 aromatic carbocycles. The lowest BCUT2D eigenvalue weighted by atomic mass is 10.0. The van der Waals surface area contributed by atoms with E-state index in [2.05, 4.69) is 68.2 Å². The predicted octanol–water partition coefficient (Wildman–Crippen LogP) is 6.54. The standard InChI is InChI=1S/C23H23NSSi/c1-26(2,3)21-11-10-17(19-14-16(12-13-24-19)15-8-9-15)23-22(21)18-6-4-5-7-20(18)25-23/h4-7,10-15H,8-9H2,1-3H3. The highest BCUT2D eigenvalue weighted by Crippen LogP contribution is 2.43. The topological polar surface area (TPSA) is 12.9 Å². The van der Waals surface area contributed by atoms with Crippen LogP contribution in [0.1, 0.15) is 24.3 Å². The highest BCUT2D eigenvalue weighted by atomic mass is 32.1. The Bertz CT molecular complexity index is 1130. The molecule has 130 valence electrons. The zero-order chi connectivity index (χ0) is 17.9. The second kappa shape index (κ2) is 5.76. The highest BCUT2D eigenvalue weighted by Gasteiger charge is 2.26. The van der Waals surface area contributed by atoms with Gasteiger partial charge in [0.1, 0.15) is 0 Å². The molecule has 5 rings (SSSR count). The maximum atomic E-state index is 4.75. The SMILES string of the molecule is C[Si](C)(C)c1ccc(-c2cc(C3CC3)ccn2)c2sc3ccccc3c12. The monoisotopic (exact) mass is 373 g/mol. The number of fused-ring (bicyclic) bond motifs is 3. The van der Waals surface area contributed by atoms with Crippen LogP contribution in [0.25, 0.3) is 31.4 Å². The number of benzene rings is 2. The molecule has 1 fully saturated rings. The van der Waals surface area contributed by atoms with Gasteiger partial charge in [-0.25, -0.2) is 0 Å². The molecule has 3 heteroatoms. The van der Waals surface area contributed by atoms with E-state index >= 15 is 0 Å². The van der Waals surface area contributed by atoms with Crippen LogP contribution in [0, 0.1) is 0 Å². The summed E-state index contributed by atoms with van der Waals surface area (Å²) >= 11 is 1.93. The van der Waals surface area contributed by atoms with E-state index in [-0.39, 0.29) is 0 Å². The molecule has 1 saturated carbocycles. The maximum absolute atomic E-state index is 4.75. The molecule has 0 atom stereocenters. The van der Waals surface area contributed by atoms with Crippen molar-refractivity contribution in [3.05, 3.63) is 60.3 Å². The van der Waals surface area contributed by atoms with Gasteiger partial charge in [0.2, 0.25) is 0 Å². The van der Waals surface area contributed by atoms with Crippen molar-refractivity contribution in [2.24, 2.45) is 0 Å². The van der Waals surface area contributed by atoms with Crippen LogP contribution in [0.5, 0.6) is 0 Å². The van der Waals surface area contributed by atoms with E-state index in [4.69, 9.17) is 4.98 Å². The number of aromatic nitrogens is 1. The fourth-order valence-corrected chi connectivity index (χ4v) is 6.85. The van der Waals surface area contributed by atoms with Gasteiger partial charge in [-0.15, -0.1) is 11.3 Å². The lowest BCUT2D eigenvalue weighted by Gasteiger charge is -2.19. The van der Waals surface area contributed by atoms with E-state index in [9.17, 15) is 0 Å². The predicted molar refractivity (Wildman–Crippen MR) is 118 cm³/mol. The second-order valence-corrected chi connectivity index (χ2v) is 14.6. The lowest BCUT2D eigenvalue weighted by Crippen LogP contribution is -2.37. The van der Waals surface area contributed by atoms with Crippen molar-refractivity contribution in [2.45, 2.75) is 38.4 Å². The molecular formula is C23H23NSSi. The summed E-state index contributed by atoms with van der Waals surface area (Å²) in [6.45, 7) is 7.33. The number of hydrogen-bond donors (Lipinski definition) is 0. The first-order valence-corrected chi connectivity index (χ1v) is 13.7. The Balaban J connectivity index is 1.83. The van der Waals surface area contributed by atoms with Crippen LogP contribution in [0.15, 0.2) is 54.7 Å². The molecule has 0 spiro atoms. The number of nitrogens with zero attached hydrogens (tertiary/aromatic N) is 1. The minimum Gasteiger partial charge on any atom is -0.256 e. The maximum Gasteiger partial charge on any atom is 0.0784 e. The van der Waals surface area contributed by atoms with E-state index in [1.165, 1.54) is 44.1 Å². The molecule has 26 heavy (non-hydrogen) atoms. The van der Waals surface area contributed by atoms with Crippen molar-refractivity contribution in [3.63, 3.8) is 0 Å². The molecule has 0 saturated heterocycles. The van der Waals surface area contributed by atoms with Crippen LogP contribution in [0.3, 0.4) is 0 Å². The molecule has 2 aromatic heterocycles. The molecule has 0 bridgehead atoms. The second-order valence-electron chi connectivity index (χ2n) is 8.46. The Morgan fingerprint density at radius 1 is 1.00 bits per heavy atom. The van der Waals surface area contributed by atoms with E-state index in [0.717, 1.165) is 11.6 Å². The van der Waals surface area contributed by atoms with Crippen LogP contribution in [0.2, 0.25) is 19.6 Å². The fraction of sp³-hybridized carbons (Fsp3) is 0.261. The Morgan fingerprint density at radius 2 is 1.81 bits per heavy atom. The average molecular weight is 374 g/mol. The van der Waals surface area contributed by atoms with Crippen molar-refractivity contribution < 1.29 is 0 Å². The smallest absolute Gasteiger partial charge is 0.0784 e. The first kappa shape index (κ1) is 16.2. The first-order chi connectivity index (χ1) is 12.5. The van der Waals surface area contributed by atoms with Crippen molar-refractivity contribution in [1.82, 2.24) is 4.98 Å². The minimum absolute atomic E-state index is 0.760. The number of hydrogen-bond acceptors (Lipinski definition) is 2. The highest BCUT2D eigenvalue weighted by molar-refractivity contribution is 7.26. The molecule has 0 N–H and O–H groups in total. The van der Waals surface area contributed by atoms with Gasteiger partial charge >= 0.3 is 0 Å². The Hall–Kier alpha value is -1.97. The fourth-order valence-electron chi connectivity index (χ4n) is 3.92. The quantitative estimate of drug-likeness (QED) is 0.372. The molecule has 1 aliphatic rings. The van der Waals surface area contributed by atoms with Gasteiger partial charge in [-0.2, -0.15) is 0 Å². The van der Waals surface area contributed by atoms with Gasteiger partial charge in [-0.3, -0.25) is 4.98 Å². The Morgan fingerprint density at radius 3 is 2.58 bits per heavy atom. The summed E-state index contributed by atoms with van der Waals surface area (Å²) in [7, 11) is -1.44. The zero-order valence-corrected chi connectivity index (χ0v) is 17.4. The largest absolute Gasteiger partial charge is 0.256 e. The van der Waals surface area contributed by atoms with Crippen molar-refractivity contribution in [3.8, 4) is 11.3 Å². The lowest BCUT2D eigenvalue weighted by molar-refractivity contribution is 1.11. The van der Waals surface area contributed by atoms with Crippen molar-refractivity contribution in [2.75, 3.05) is 0 Å². The Kier molecular flexibility index (Phi) is 3.60. The molecule has 1 nitrogen and oxygen atoms in total. The molecule has 0 radical (unpaired) electrons. The minimum atomic E-state index is -1.44. The molecule has 0 aliphatic heterocycles. The first-order valence-electron chi connectivity index (χ1n) is 9.43. The van der Waals surface area contributed by atoms with Crippen LogP contribution < -0.4 is 5.19 Å². The van der Waals surface area contributed by atoms with E-state index in [0.29, 0.717) is 0 Å². The van der Waals surface area contributed by atoms with Gasteiger partial charge in [0.05, 0.1) is 13.8 Å². The van der Waals surface area contributed by atoms with Crippen LogP contribution in [0.4, 0.5) is 0 Å². The third kappa shape index (κ3) is 2.61. The van der Waals surface area contributed by atoms with Gasteiger partial charge in [0, 0.05) is 31.9 Å². The normalized spacial score (nSPS) is 15.0. The van der Waals surface area contributed by atoms with Crippen LogP contribution in [-0.4, -0.2) is 13.1 Å². The number of rotatable bonds is 3. The summed E-state index contributed by atoms with van der Waals surface area (Å²) < 4.78 is 2.79. The van der Waals surface area contributed by atoms with Gasteiger partial charge in [-0.1, -0.05) is 55.2 Å².